The lowest BCUT2D eigenvalue weighted by Gasteiger charge is -2.38. The van der Waals surface area contributed by atoms with E-state index >= 15 is 0 Å². The second-order valence-corrected chi connectivity index (χ2v) is 6.96. The third-order valence-corrected chi connectivity index (χ3v) is 4.72. The molecule has 5 nitrogen and oxygen atoms in total. The zero-order valence-electron chi connectivity index (χ0n) is 11.3. The standard InChI is InChI=1S/C12H24N2O3S/c1-11(2)8-14-9-12(10-14)18(15,16)13-6-4-5-7-17-3/h12-13H,1,4-10H2,2-3H3. The highest BCUT2D eigenvalue weighted by atomic mass is 32.2. The number of nitrogens with one attached hydrogen (secondary N) is 1. The van der Waals surface area contributed by atoms with Crippen LogP contribution in [0.3, 0.4) is 0 Å². The van der Waals surface area contributed by atoms with Crippen molar-refractivity contribution in [2.75, 3.05) is 39.9 Å². The van der Waals surface area contributed by atoms with Crippen molar-refractivity contribution < 1.29 is 13.2 Å². The first kappa shape index (κ1) is 15.6. The predicted octanol–water partition coefficient (Wildman–Crippen LogP) is 0.593. The van der Waals surface area contributed by atoms with E-state index in [-0.39, 0.29) is 5.25 Å². The average molecular weight is 276 g/mol. The molecule has 1 rings (SSSR count). The number of unbranched alkanes of at least 4 members (excludes halogenated alkanes) is 1. The second-order valence-electron chi connectivity index (χ2n) is 4.91. The third-order valence-electron chi connectivity index (χ3n) is 2.93. The van der Waals surface area contributed by atoms with Crippen molar-refractivity contribution in [1.82, 2.24) is 9.62 Å². The molecule has 0 unspecified atom stereocenters. The van der Waals surface area contributed by atoms with Crippen LogP contribution in [0.4, 0.5) is 0 Å². The van der Waals surface area contributed by atoms with Crippen molar-refractivity contribution in [1.29, 1.82) is 0 Å². The van der Waals surface area contributed by atoms with Gasteiger partial charge in [0.15, 0.2) is 0 Å². The summed E-state index contributed by atoms with van der Waals surface area (Å²) in [6, 6.07) is 0. The van der Waals surface area contributed by atoms with Gasteiger partial charge < -0.3 is 4.74 Å². The Morgan fingerprint density at radius 2 is 2.11 bits per heavy atom. The van der Waals surface area contributed by atoms with Crippen LogP contribution in [0.15, 0.2) is 12.2 Å². The number of likely N-dealkylation sites (tertiary alicyclic amines) is 1. The van der Waals surface area contributed by atoms with Gasteiger partial charge in [-0.05, 0) is 19.8 Å². The molecule has 0 atom stereocenters. The lowest BCUT2D eigenvalue weighted by molar-refractivity contribution is 0.192. The molecule has 6 heteroatoms. The molecule has 1 heterocycles. The molecule has 18 heavy (non-hydrogen) atoms. The van der Waals surface area contributed by atoms with Crippen LogP contribution in [0.5, 0.6) is 0 Å². The molecule has 1 aliphatic rings. The smallest absolute Gasteiger partial charge is 0.217 e. The molecule has 0 aromatic heterocycles. The van der Waals surface area contributed by atoms with Crippen LogP contribution < -0.4 is 4.72 Å². The van der Waals surface area contributed by atoms with Gasteiger partial charge in [-0.15, -0.1) is 0 Å². The van der Waals surface area contributed by atoms with Gasteiger partial charge in [0.05, 0.1) is 0 Å². The van der Waals surface area contributed by atoms with Gasteiger partial charge in [0.2, 0.25) is 10.0 Å². The molecule has 0 aromatic rings. The Kier molecular flexibility index (Phi) is 6.28. The fraction of sp³-hybridized carbons (Fsp3) is 0.833. The summed E-state index contributed by atoms with van der Waals surface area (Å²) in [5.74, 6) is 0. The first-order chi connectivity index (χ1) is 8.45. The molecule has 1 aliphatic heterocycles. The number of ether oxygens (including phenoxy) is 1. The lowest BCUT2D eigenvalue weighted by Crippen LogP contribution is -2.57. The number of nitrogens with zero attached hydrogens (tertiary/aromatic N) is 1. The zero-order valence-corrected chi connectivity index (χ0v) is 12.1. The molecule has 0 amide bonds. The van der Waals surface area contributed by atoms with Gasteiger partial charge in [-0.3, -0.25) is 4.90 Å². The number of methoxy groups -OCH3 is 1. The van der Waals surface area contributed by atoms with E-state index in [9.17, 15) is 8.42 Å². The van der Waals surface area contributed by atoms with Gasteiger partial charge in [-0.1, -0.05) is 12.2 Å². The fourth-order valence-corrected chi connectivity index (χ4v) is 3.41. The topological polar surface area (TPSA) is 58.6 Å². The molecule has 106 valence electrons. The largest absolute Gasteiger partial charge is 0.385 e. The molecule has 0 radical (unpaired) electrons. The summed E-state index contributed by atoms with van der Waals surface area (Å²) in [6.45, 7) is 8.97. The van der Waals surface area contributed by atoms with Gasteiger partial charge in [0.1, 0.15) is 5.25 Å². The molecule has 0 bridgehead atoms. The summed E-state index contributed by atoms with van der Waals surface area (Å²) in [5.41, 5.74) is 1.07. The van der Waals surface area contributed by atoms with Gasteiger partial charge in [0.25, 0.3) is 0 Å². The Hall–Kier alpha value is -0.430. The summed E-state index contributed by atoms with van der Waals surface area (Å²) in [6.07, 6.45) is 1.70. The van der Waals surface area contributed by atoms with Crippen molar-refractivity contribution in [3.63, 3.8) is 0 Å². The number of hydrogen-bond acceptors (Lipinski definition) is 4. The van der Waals surface area contributed by atoms with Crippen molar-refractivity contribution in [2.45, 2.75) is 25.0 Å². The highest BCUT2D eigenvalue weighted by Crippen LogP contribution is 2.16. The van der Waals surface area contributed by atoms with Crippen LogP contribution in [-0.2, 0) is 14.8 Å². The van der Waals surface area contributed by atoms with E-state index in [4.69, 9.17) is 4.74 Å². The van der Waals surface area contributed by atoms with Crippen LogP contribution in [0.25, 0.3) is 0 Å². The summed E-state index contributed by atoms with van der Waals surface area (Å²) >= 11 is 0. The van der Waals surface area contributed by atoms with E-state index in [1.807, 2.05) is 6.92 Å². The average Bonchev–Trinajstić information content (AvgIpc) is 2.22. The highest BCUT2D eigenvalue weighted by molar-refractivity contribution is 7.90. The molecule has 0 spiro atoms. The maximum atomic E-state index is 11.9. The number of hydrogen-bond donors (Lipinski definition) is 1. The first-order valence-electron chi connectivity index (χ1n) is 6.30. The summed E-state index contributed by atoms with van der Waals surface area (Å²) in [5, 5.41) is -0.265. The number of rotatable bonds is 9. The number of sulfonamides is 1. The maximum absolute atomic E-state index is 11.9. The molecule has 0 saturated carbocycles. The Balaban J connectivity index is 2.19. The molecular weight excluding hydrogens is 252 g/mol. The minimum Gasteiger partial charge on any atom is -0.385 e. The molecular formula is C12H24N2O3S. The van der Waals surface area contributed by atoms with Crippen LogP contribution in [0.1, 0.15) is 19.8 Å². The molecule has 1 fully saturated rings. The van der Waals surface area contributed by atoms with E-state index in [1.54, 1.807) is 7.11 Å². The van der Waals surface area contributed by atoms with E-state index in [0.29, 0.717) is 26.2 Å². The van der Waals surface area contributed by atoms with Gasteiger partial charge in [-0.2, -0.15) is 0 Å². The lowest BCUT2D eigenvalue weighted by atomic mass is 10.2. The van der Waals surface area contributed by atoms with Gasteiger partial charge in [-0.25, -0.2) is 13.1 Å². The molecule has 1 saturated heterocycles. The quantitative estimate of drug-likeness (QED) is 0.495. The second kappa shape index (κ2) is 7.23. The zero-order chi connectivity index (χ0) is 13.6. The fourth-order valence-electron chi connectivity index (χ4n) is 1.93. The maximum Gasteiger partial charge on any atom is 0.217 e. The third kappa shape index (κ3) is 5.06. The Labute approximate surface area is 110 Å². The molecule has 0 aromatic carbocycles. The van der Waals surface area contributed by atoms with Crippen LogP contribution in [0.2, 0.25) is 0 Å². The van der Waals surface area contributed by atoms with E-state index in [0.717, 1.165) is 25.0 Å². The van der Waals surface area contributed by atoms with Crippen molar-refractivity contribution >= 4 is 10.0 Å². The minimum atomic E-state index is -3.14. The van der Waals surface area contributed by atoms with Gasteiger partial charge >= 0.3 is 0 Å². The Morgan fingerprint density at radius 3 is 2.67 bits per heavy atom. The summed E-state index contributed by atoms with van der Waals surface area (Å²) in [7, 11) is -1.49. The van der Waals surface area contributed by atoms with Crippen LogP contribution >= 0.6 is 0 Å². The predicted molar refractivity (Wildman–Crippen MR) is 73.1 cm³/mol. The van der Waals surface area contributed by atoms with Crippen LogP contribution in [0, 0.1) is 0 Å². The summed E-state index contributed by atoms with van der Waals surface area (Å²) in [4.78, 5) is 2.09. The van der Waals surface area contributed by atoms with Crippen LogP contribution in [-0.4, -0.2) is 58.5 Å². The Bertz CT molecular complexity index is 362. The van der Waals surface area contributed by atoms with Crippen molar-refractivity contribution in [3.8, 4) is 0 Å². The first-order valence-corrected chi connectivity index (χ1v) is 7.84. The van der Waals surface area contributed by atoms with Crippen molar-refractivity contribution in [2.24, 2.45) is 0 Å². The highest BCUT2D eigenvalue weighted by Gasteiger charge is 2.36. The van der Waals surface area contributed by atoms with E-state index < -0.39 is 10.0 Å². The summed E-state index contributed by atoms with van der Waals surface area (Å²) < 4.78 is 31.3. The molecule has 0 aliphatic carbocycles. The normalized spacial score (nSPS) is 17.7. The Morgan fingerprint density at radius 1 is 1.44 bits per heavy atom. The minimum absolute atomic E-state index is 0.265. The van der Waals surface area contributed by atoms with E-state index in [2.05, 4.69) is 16.2 Å². The SMILES string of the molecule is C=C(C)CN1CC(S(=O)(=O)NCCCCOC)C1. The monoisotopic (exact) mass is 276 g/mol. The van der Waals surface area contributed by atoms with Gasteiger partial charge in [0, 0.05) is 39.9 Å². The molecule has 1 N–H and O–H groups in total. The van der Waals surface area contributed by atoms with E-state index in [1.165, 1.54) is 0 Å². The van der Waals surface area contributed by atoms with Crippen molar-refractivity contribution in [3.05, 3.63) is 12.2 Å².